The van der Waals surface area contributed by atoms with Crippen LogP contribution in [0.25, 0.3) is 0 Å². The molecule has 1 aliphatic heterocycles. The normalized spacial score (nSPS) is 16.3. The molecule has 1 atom stereocenters. The van der Waals surface area contributed by atoms with Crippen molar-refractivity contribution < 1.29 is 13.9 Å². The lowest BCUT2D eigenvalue weighted by atomic mass is 10.1. The number of hydrogen-bond acceptors (Lipinski definition) is 4. The van der Waals surface area contributed by atoms with Gasteiger partial charge in [-0.1, -0.05) is 13.8 Å². The monoisotopic (exact) mass is 351 g/mol. The van der Waals surface area contributed by atoms with E-state index in [1.54, 1.807) is 13.4 Å². The number of furan rings is 1. The molecule has 142 valence electrons. The molecular weight excluding hydrogens is 318 g/mol. The first-order valence-electron chi connectivity index (χ1n) is 9.52. The molecule has 0 saturated carbocycles. The van der Waals surface area contributed by atoms with Gasteiger partial charge in [-0.3, -0.25) is 4.90 Å². The first-order chi connectivity index (χ1) is 12.2. The molecule has 0 aliphatic carbocycles. The van der Waals surface area contributed by atoms with Crippen molar-refractivity contribution in [3.63, 3.8) is 0 Å². The molecule has 1 fully saturated rings. The van der Waals surface area contributed by atoms with Crippen LogP contribution in [0.5, 0.6) is 0 Å². The molecule has 0 aromatic carbocycles. The predicted molar refractivity (Wildman–Crippen MR) is 98.6 cm³/mol. The topological polar surface area (TPSA) is 58.0 Å². The molecule has 2 amide bonds. The highest BCUT2D eigenvalue weighted by atomic mass is 16.5. The van der Waals surface area contributed by atoms with Crippen LogP contribution >= 0.6 is 0 Å². The number of ether oxygens (including phenoxy) is 1. The summed E-state index contributed by atoms with van der Waals surface area (Å²) < 4.78 is 10.8. The highest BCUT2D eigenvalue weighted by Gasteiger charge is 2.27. The zero-order valence-electron chi connectivity index (χ0n) is 15.9. The molecule has 1 aliphatic rings. The molecule has 6 heteroatoms. The van der Waals surface area contributed by atoms with Gasteiger partial charge in [0.05, 0.1) is 18.9 Å². The van der Waals surface area contributed by atoms with E-state index in [2.05, 4.69) is 24.1 Å². The smallest absolute Gasteiger partial charge is 0.317 e. The third kappa shape index (κ3) is 5.47. The number of carbonyl (C=O) groups excluding carboxylic acids is 1. The van der Waals surface area contributed by atoms with Crippen molar-refractivity contribution in [1.29, 1.82) is 0 Å². The van der Waals surface area contributed by atoms with Crippen LogP contribution in [0.1, 0.15) is 51.3 Å². The van der Waals surface area contributed by atoms with E-state index in [9.17, 15) is 4.79 Å². The summed E-state index contributed by atoms with van der Waals surface area (Å²) in [4.78, 5) is 17.1. The van der Waals surface area contributed by atoms with Crippen LogP contribution in [0.2, 0.25) is 0 Å². The van der Waals surface area contributed by atoms with Crippen LogP contribution in [0, 0.1) is 0 Å². The summed E-state index contributed by atoms with van der Waals surface area (Å²) in [6.07, 6.45) is 6.01. The van der Waals surface area contributed by atoms with Gasteiger partial charge >= 0.3 is 6.03 Å². The number of urea groups is 1. The number of carbonyl (C=O) groups is 1. The average Bonchev–Trinajstić information content (AvgIpc) is 3.33. The van der Waals surface area contributed by atoms with E-state index >= 15 is 0 Å². The lowest BCUT2D eigenvalue weighted by molar-refractivity contribution is 0.123. The number of methoxy groups -OCH3 is 1. The van der Waals surface area contributed by atoms with Gasteiger partial charge in [0.25, 0.3) is 0 Å². The minimum Gasteiger partial charge on any atom is -0.468 e. The van der Waals surface area contributed by atoms with Crippen LogP contribution in [-0.4, -0.2) is 61.8 Å². The lowest BCUT2D eigenvalue weighted by Crippen LogP contribution is -2.49. The molecule has 0 bridgehead atoms. The fourth-order valence-electron chi connectivity index (χ4n) is 3.60. The van der Waals surface area contributed by atoms with Crippen molar-refractivity contribution in [2.24, 2.45) is 0 Å². The van der Waals surface area contributed by atoms with E-state index in [-0.39, 0.29) is 18.1 Å². The van der Waals surface area contributed by atoms with Crippen molar-refractivity contribution in [3.8, 4) is 0 Å². The van der Waals surface area contributed by atoms with E-state index in [0.29, 0.717) is 19.7 Å². The Morgan fingerprint density at radius 1 is 1.36 bits per heavy atom. The van der Waals surface area contributed by atoms with E-state index < -0.39 is 0 Å². The van der Waals surface area contributed by atoms with E-state index in [1.807, 2.05) is 17.0 Å². The predicted octanol–water partition coefficient (Wildman–Crippen LogP) is 3.26. The Balaban J connectivity index is 1.99. The van der Waals surface area contributed by atoms with E-state index in [1.165, 1.54) is 12.8 Å². The van der Waals surface area contributed by atoms with Gasteiger partial charge in [-0.2, -0.15) is 0 Å². The van der Waals surface area contributed by atoms with Crippen molar-refractivity contribution in [2.75, 3.05) is 39.9 Å². The first-order valence-corrected chi connectivity index (χ1v) is 9.52. The molecule has 1 aromatic heterocycles. The van der Waals surface area contributed by atoms with Crippen LogP contribution in [0.3, 0.4) is 0 Å². The highest BCUT2D eigenvalue weighted by molar-refractivity contribution is 5.74. The Labute approximate surface area is 151 Å². The third-order valence-electron chi connectivity index (χ3n) is 5.08. The summed E-state index contributed by atoms with van der Waals surface area (Å²) in [6, 6.07) is 4.24. The zero-order valence-corrected chi connectivity index (χ0v) is 15.9. The Morgan fingerprint density at radius 2 is 2.08 bits per heavy atom. The third-order valence-corrected chi connectivity index (χ3v) is 5.08. The first kappa shape index (κ1) is 19.8. The summed E-state index contributed by atoms with van der Waals surface area (Å²) >= 11 is 0. The Morgan fingerprint density at radius 3 is 2.64 bits per heavy atom. The zero-order chi connectivity index (χ0) is 18.1. The summed E-state index contributed by atoms with van der Waals surface area (Å²) in [7, 11) is 1.67. The van der Waals surface area contributed by atoms with Gasteiger partial charge in [-0.15, -0.1) is 0 Å². The lowest BCUT2D eigenvalue weighted by Gasteiger charge is -2.32. The highest BCUT2D eigenvalue weighted by Crippen LogP contribution is 2.25. The molecule has 2 heterocycles. The molecule has 0 radical (unpaired) electrons. The number of likely N-dealkylation sites (tertiary alicyclic amines) is 1. The van der Waals surface area contributed by atoms with Crippen LogP contribution in [0.15, 0.2) is 22.8 Å². The molecule has 1 saturated heterocycles. The second kappa shape index (κ2) is 10.5. The van der Waals surface area contributed by atoms with Gasteiger partial charge in [0.2, 0.25) is 0 Å². The van der Waals surface area contributed by atoms with Crippen LogP contribution < -0.4 is 5.32 Å². The van der Waals surface area contributed by atoms with E-state index in [0.717, 1.165) is 31.7 Å². The molecule has 6 nitrogen and oxygen atoms in total. The number of nitrogens with one attached hydrogen (secondary N) is 1. The van der Waals surface area contributed by atoms with Crippen molar-refractivity contribution in [2.45, 2.75) is 51.6 Å². The maximum absolute atomic E-state index is 12.8. The van der Waals surface area contributed by atoms with Crippen LogP contribution in [-0.2, 0) is 4.74 Å². The number of hydrogen-bond donors (Lipinski definition) is 1. The summed E-state index contributed by atoms with van der Waals surface area (Å²) in [5.41, 5.74) is 0. The van der Waals surface area contributed by atoms with Gasteiger partial charge < -0.3 is 19.4 Å². The quantitative estimate of drug-likeness (QED) is 0.703. The molecule has 0 spiro atoms. The van der Waals surface area contributed by atoms with Crippen molar-refractivity contribution in [1.82, 2.24) is 15.1 Å². The molecule has 2 rings (SSSR count). The van der Waals surface area contributed by atoms with Gasteiger partial charge in [-0.05, 0) is 50.9 Å². The second-order valence-corrected chi connectivity index (χ2v) is 6.62. The van der Waals surface area contributed by atoms with Gasteiger partial charge in [0, 0.05) is 26.2 Å². The summed E-state index contributed by atoms with van der Waals surface area (Å²) in [5.74, 6) is 0.924. The summed E-state index contributed by atoms with van der Waals surface area (Å²) in [6.45, 7) is 8.09. The van der Waals surface area contributed by atoms with E-state index in [4.69, 9.17) is 9.15 Å². The van der Waals surface area contributed by atoms with Gasteiger partial charge in [0.15, 0.2) is 0 Å². The van der Waals surface area contributed by atoms with Gasteiger partial charge in [-0.25, -0.2) is 4.79 Å². The number of amides is 2. The Hall–Kier alpha value is -1.53. The number of nitrogens with zero attached hydrogens (tertiary/aromatic N) is 2. The minimum absolute atomic E-state index is 0.0125. The molecule has 0 unspecified atom stereocenters. The standard InChI is InChI=1S/C19H33N3O3/c1-4-16(5-2)22(12-14-24-3)19(23)20-15-17(18-9-8-13-25-18)21-10-6-7-11-21/h8-9,13,16-17H,4-7,10-12,14-15H2,1-3H3,(H,20,23)/t17-/m0/s1. The summed E-state index contributed by atoms with van der Waals surface area (Å²) in [5, 5.41) is 3.14. The Bertz CT molecular complexity index is 482. The Kier molecular flexibility index (Phi) is 8.28. The minimum atomic E-state index is -0.0125. The fraction of sp³-hybridized carbons (Fsp3) is 0.737. The largest absolute Gasteiger partial charge is 0.468 e. The van der Waals surface area contributed by atoms with Gasteiger partial charge in [0.1, 0.15) is 5.76 Å². The molecule has 25 heavy (non-hydrogen) atoms. The van der Waals surface area contributed by atoms with Crippen molar-refractivity contribution >= 4 is 6.03 Å². The molecule has 1 N–H and O–H groups in total. The SMILES string of the molecule is CCC(CC)N(CCOC)C(=O)NC[C@@H](c1ccco1)N1CCCC1. The average molecular weight is 351 g/mol. The molecular formula is C19H33N3O3. The maximum Gasteiger partial charge on any atom is 0.317 e. The van der Waals surface area contributed by atoms with Crippen LogP contribution in [0.4, 0.5) is 4.79 Å². The second-order valence-electron chi connectivity index (χ2n) is 6.62. The van der Waals surface area contributed by atoms with Crippen molar-refractivity contribution in [3.05, 3.63) is 24.2 Å². The maximum atomic E-state index is 12.8. The molecule has 1 aromatic rings. The fourth-order valence-corrected chi connectivity index (χ4v) is 3.60. The number of rotatable bonds is 10.